The Hall–Kier alpha value is -0.450. The second-order valence-electron chi connectivity index (χ2n) is 10.8. The lowest BCUT2D eigenvalue weighted by molar-refractivity contribution is -0.127. The number of hydrogen-bond acceptors (Lipinski definition) is 2. The third-order valence-electron chi connectivity index (χ3n) is 8.29. The van der Waals surface area contributed by atoms with Crippen LogP contribution < -0.4 is 5.32 Å². The van der Waals surface area contributed by atoms with Crippen molar-refractivity contribution in [3.05, 3.63) is 18.7 Å². The fourth-order valence-corrected chi connectivity index (χ4v) is 7.54. The molecule has 0 radical (unpaired) electrons. The van der Waals surface area contributed by atoms with Crippen LogP contribution in [0, 0.1) is 35.5 Å². The molecular formula is C25H38Cl3N3O. The molecule has 0 aromatic carbocycles. The zero-order chi connectivity index (χ0) is 22.7. The molecule has 0 saturated heterocycles. The molecule has 180 valence electrons. The Morgan fingerprint density at radius 1 is 0.969 bits per heavy atom. The van der Waals surface area contributed by atoms with Gasteiger partial charge in [0.1, 0.15) is 0 Å². The van der Waals surface area contributed by atoms with Gasteiger partial charge in [-0.2, -0.15) is 0 Å². The third kappa shape index (κ3) is 6.36. The lowest BCUT2D eigenvalue weighted by atomic mass is 9.65. The Bertz CT molecular complexity index is 730. The molecule has 1 aromatic rings. The molecule has 3 aliphatic carbocycles. The number of nitrogens with zero attached hydrogens (tertiary/aromatic N) is 2. The molecule has 4 nitrogen and oxygen atoms in total. The highest BCUT2D eigenvalue weighted by Crippen LogP contribution is 2.46. The smallest absolute Gasteiger partial charge is 0.223 e. The van der Waals surface area contributed by atoms with Gasteiger partial charge in [-0.15, -0.1) is 34.8 Å². The summed E-state index contributed by atoms with van der Waals surface area (Å²) in [7, 11) is 0. The summed E-state index contributed by atoms with van der Waals surface area (Å²) in [5, 5.41) is 3.61. The van der Waals surface area contributed by atoms with E-state index in [4.69, 9.17) is 34.8 Å². The van der Waals surface area contributed by atoms with E-state index in [0.717, 1.165) is 64.0 Å². The lowest BCUT2D eigenvalue weighted by Gasteiger charge is -2.43. The minimum atomic E-state index is 0.0138. The highest BCUT2D eigenvalue weighted by Gasteiger charge is 2.40. The molecule has 1 heterocycles. The van der Waals surface area contributed by atoms with Gasteiger partial charge >= 0.3 is 0 Å². The average Bonchev–Trinajstić information content (AvgIpc) is 3.28. The summed E-state index contributed by atoms with van der Waals surface area (Å²) in [5.41, 5.74) is 0. The average molecular weight is 503 g/mol. The maximum absolute atomic E-state index is 13.3. The van der Waals surface area contributed by atoms with Gasteiger partial charge in [-0.3, -0.25) is 4.79 Å². The molecule has 32 heavy (non-hydrogen) atoms. The predicted molar refractivity (Wildman–Crippen MR) is 132 cm³/mol. The predicted octanol–water partition coefficient (Wildman–Crippen LogP) is 6.09. The van der Waals surface area contributed by atoms with Gasteiger partial charge in [0.15, 0.2) is 0 Å². The molecule has 3 saturated carbocycles. The van der Waals surface area contributed by atoms with E-state index in [1.807, 2.05) is 18.7 Å². The fourth-order valence-electron chi connectivity index (χ4n) is 6.50. The standard InChI is InChI=1S/C25H38Cl3N3O/c1-16-2-4-22(26)21(8-16)19-9-18(14-31-7-6-29-15-31)10-20(12-19)25(32)30-13-17-3-5-23(27)24(28)11-17/h6-7,15-24H,2-5,8-14H2,1H3,(H,30,32). The molecule has 0 bridgehead atoms. The fraction of sp³-hybridized carbons (Fsp3) is 0.840. The van der Waals surface area contributed by atoms with E-state index in [1.54, 1.807) is 0 Å². The Morgan fingerprint density at radius 2 is 1.78 bits per heavy atom. The van der Waals surface area contributed by atoms with E-state index in [2.05, 4.69) is 21.8 Å². The molecule has 9 atom stereocenters. The Kier molecular flexibility index (Phi) is 8.72. The molecule has 3 aliphatic rings. The van der Waals surface area contributed by atoms with Crippen molar-refractivity contribution in [2.75, 3.05) is 6.54 Å². The van der Waals surface area contributed by atoms with Gasteiger partial charge in [0, 0.05) is 42.2 Å². The molecule has 1 N–H and O–H groups in total. The van der Waals surface area contributed by atoms with E-state index in [-0.39, 0.29) is 28.0 Å². The number of alkyl halides is 3. The van der Waals surface area contributed by atoms with Crippen molar-refractivity contribution in [2.45, 2.75) is 87.4 Å². The normalized spacial score (nSPS) is 40.7. The second kappa shape index (κ2) is 11.3. The van der Waals surface area contributed by atoms with E-state index in [9.17, 15) is 4.79 Å². The summed E-state index contributed by atoms with van der Waals surface area (Å²) in [6.07, 6.45) is 15.2. The van der Waals surface area contributed by atoms with Crippen LogP contribution in [0.3, 0.4) is 0 Å². The number of imidazole rings is 1. The highest BCUT2D eigenvalue weighted by molar-refractivity contribution is 6.30. The number of carbonyl (C=O) groups excluding carboxylic acids is 1. The topological polar surface area (TPSA) is 46.9 Å². The van der Waals surface area contributed by atoms with Gasteiger partial charge in [-0.1, -0.05) is 6.92 Å². The summed E-state index contributed by atoms with van der Waals surface area (Å²) in [6, 6.07) is 0. The van der Waals surface area contributed by atoms with Crippen molar-refractivity contribution in [2.24, 2.45) is 35.5 Å². The number of rotatable bonds is 6. The first kappa shape index (κ1) is 24.7. The van der Waals surface area contributed by atoms with Crippen LogP contribution in [0.15, 0.2) is 18.7 Å². The van der Waals surface area contributed by atoms with Crippen LogP contribution in [-0.4, -0.2) is 38.1 Å². The first-order valence-corrected chi connectivity index (χ1v) is 13.9. The zero-order valence-corrected chi connectivity index (χ0v) is 21.4. The molecule has 0 aliphatic heterocycles. The minimum Gasteiger partial charge on any atom is -0.356 e. The largest absolute Gasteiger partial charge is 0.356 e. The van der Waals surface area contributed by atoms with Crippen LogP contribution in [0.5, 0.6) is 0 Å². The summed E-state index contributed by atoms with van der Waals surface area (Å²) in [6.45, 7) is 4.01. The monoisotopic (exact) mass is 501 g/mol. The Labute approximate surface area is 208 Å². The van der Waals surface area contributed by atoms with Gasteiger partial charge in [0.25, 0.3) is 0 Å². The second-order valence-corrected chi connectivity index (χ2v) is 12.5. The van der Waals surface area contributed by atoms with Gasteiger partial charge < -0.3 is 9.88 Å². The Morgan fingerprint density at radius 3 is 2.53 bits per heavy atom. The number of halogens is 3. The van der Waals surface area contributed by atoms with E-state index in [1.165, 1.54) is 12.8 Å². The SMILES string of the molecule is CC1CCC(Cl)C(C2CC(Cn3ccnc3)CC(C(=O)NCC3CCC(Cl)C(Cl)C3)C2)C1. The van der Waals surface area contributed by atoms with Crippen molar-refractivity contribution in [3.63, 3.8) is 0 Å². The molecule has 4 rings (SSSR count). The van der Waals surface area contributed by atoms with Crippen molar-refractivity contribution < 1.29 is 4.79 Å². The maximum atomic E-state index is 13.3. The van der Waals surface area contributed by atoms with E-state index in [0.29, 0.717) is 23.7 Å². The van der Waals surface area contributed by atoms with Crippen LogP contribution in [-0.2, 0) is 11.3 Å². The number of hydrogen-bond donors (Lipinski definition) is 1. The van der Waals surface area contributed by atoms with Crippen LogP contribution in [0.1, 0.15) is 64.7 Å². The summed E-state index contributed by atoms with van der Waals surface area (Å²) >= 11 is 19.5. The molecule has 3 fully saturated rings. The van der Waals surface area contributed by atoms with E-state index >= 15 is 0 Å². The lowest BCUT2D eigenvalue weighted by Crippen LogP contribution is -2.43. The minimum absolute atomic E-state index is 0.0138. The van der Waals surface area contributed by atoms with Gasteiger partial charge in [-0.05, 0) is 87.4 Å². The Balaban J connectivity index is 1.39. The van der Waals surface area contributed by atoms with Crippen molar-refractivity contribution in [1.29, 1.82) is 0 Å². The van der Waals surface area contributed by atoms with Crippen molar-refractivity contribution in [3.8, 4) is 0 Å². The maximum Gasteiger partial charge on any atom is 0.223 e. The molecule has 1 amide bonds. The highest BCUT2D eigenvalue weighted by atomic mass is 35.5. The van der Waals surface area contributed by atoms with Crippen LogP contribution in [0.4, 0.5) is 0 Å². The van der Waals surface area contributed by atoms with E-state index < -0.39 is 0 Å². The van der Waals surface area contributed by atoms with Crippen LogP contribution in [0.2, 0.25) is 0 Å². The first-order valence-electron chi connectivity index (χ1n) is 12.5. The summed E-state index contributed by atoms with van der Waals surface area (Å²) < 4.78 is 2.16. The number of carbonyl (C=O) groups is 1. The first-order chi connectivity index (χ1) is 15.4. The number of amides is 1. The third-order valence-corrected chi connectivity index (χ3v) is 9.96. The zero-order valence-electron chi connectivity index (χ0n) is 19.1. The number of aromatic nitrogens is 2. The van der Waals surface area contributed by atoms with Crippen LogP contribution in [0.25, 0.3) is 0 Å². The quantitative estimate of drug-likeness (QED) is 0.478. The molecular weight excluding hydrogens is 465 g/mol. The van der Waals surface area contributed by atoms with Gasteiger partial charge in [0.2, 0.25) is 5.91 Å². The van der Waals surface area contributed by atoms with Gasteiger partial charge in [-0.25, -0.2) is 4.98 Å². The van der Waals surface area contributed by atoms with Crippen molar-refractivity contribution in [1.82, 2.24) is 14.9 Å². The van der Waals surface area contributed by atoms with Crippen molar-refractivity contribution >= 4 is 40.7 Å². The molecule has 9 unspecified atom stereocenters. The van der Waals surface area contributed by atoms with Gasteiger partial charge in [0.05, 0.1) is 11.7 Å². The molecule has 0 spiro atoms. The van der Waals surface area contributed by atoms with Crippen LogP contribution >= 0.6 is 34.8 Å². The number of nitrogens with one attached hydrogen (secondary N) is 1. The molecule has 7 heteroatoms. The summed E-state index contributed by atoms with van der Waals surface area (Å²) in [4.78, 5) is 17.5. The summed E-state index contributed by atoms with van der Waals surface area (Å²) in [5.74, 6) is 2.99. The molecule has 1 aromatic heterocycles.